The highest BCUT2D eigenvalue weighted by atomic mass is 35.5. The SMILES string of the molecule is CC[C@@H](CO)NS(=O)(=O)c1ccc(OC)c(Cl)c1. The number of hydrogen-bond donors (Lipinski definition) is 2. The molecule has 18 heavy (non-hydrogen) atoms. The summed E-state index contributed by atoms with van der Waals surface area (Å²) in [5, 5.41) is 9.22. The van der Waals surface area contributed by atoms with Crippen molar-refractivity contribution in [2.24, 2.45) is 0 Å². The molecule has 2 N–H and O–H groups in total. The topological polar surface area (TPSA) is 75.6 Å². The second-order valence-electron chi connectivity index (χ2n) is 3.71. The van der Waals surface area contributed by atoms with E-state index >= 15 is 0 Å². The third-order valence-electron chi connectivity index (χ3n) is 2.47. The number of halogens is 1. The number of aliphatic hydroxyl groups excluding tert-OH is 1. The first-order chi connectivity index (χ1) is 8.44. The van der Waals surface area contributed by atoms with Gasteiger partial charge in [-0.3, -0.25) is 0 Å². The molecule has 0 saturated carbocycles. The summed E-state index contributed by atoms with van der Waals surface area (Å²) in [5.74, 6) is 0.407. The Labute approximate surface area is 112 Å². The second kappa shape index (κ2) is 6.38. The number of ether oxygens (including phenoxy) is 1. The largest absolute Gasteiger partial charge is 0.495 e. The van der Waals surface area contributed by atoms with E-state index in [-0.39, 0.29) is 16.5 Å². The van der Waals surface area contributed by atoms with Crippen LogP contribution in [0.25, 0.3) is 0 Å². The smallest absolute Gasteiger partial charge is 0.240 e. The fourth-order valence-electron chi connectivity index (χ4n) is 1.35. The molecule has 5 nitrogen and oxygen atoms in total. The van der Waals surface area contributed by atoms with E-state index in [1.54, 1.807) is 6.92 Å². The first-order valence-corrected chi connectivity index (χ1v) is 7.27. The van der Waals surface area contributed by atoms with Gasteiger partial charge in [0.2, 0.25) is 10.0 Å². The highest BCUT2D eigenvalue weighted by Gasteiger charge is 2.19. The van der Waals surface area contributed by atoms with Crippen LogP contribution in [0.3, 0.4) is 0 Å². The van der Waals surface area contributed by atoms with Gasteiger partial charge in [0, 0.05) is 6.04 Å². The molecule has 7 heteroatoms. The minimum atomic E-state index is -3.68. The fourth-order valence-corrected chi connectivity index (χ4v) is 3.01. The van der Waals surface area contributed by atoms with Crippen LogP contribution in [0.1, 0.15) is 13.3 Å². The van der Waals surface area contributed by atoms with Crippen LogP contribution in [0.5, 0.6) is 5.75 Å². The van der Waals surface area contributed by atoms with Gasteiger partial charge < -0.3 is 9.84 Å². The van der Waals surface area contributed by atoms with Crippen molar-refractivity contribution < 1.29 is 18.3 Å². The zero-order valence-electron chi connectivity index (χ0n) is 10.2. The highest BCUT2D eigenvalue weighted by molar-refractivity contribution is 7.89. The quantitative estimate of drug-likeness (QED) is 0.831. The Bertz CT molecular complexity index is 500. The van der Waals surface area contributed by atoms with E-state index in [4.69, 9.17) is 21.4 Å². The number of aliphatic hydroxyl groups is 1. The summed E-state index contributed by atoms with van der Waals surface area (Å²) in [4.78, 5) is 0.0419. The lowest BCUT2D eigenvalue weighted by Gasteiger charge is -2.14. The molecule has 0 heterocycles. The molecule has 0 amide bonds. The summed E-state index contributed by atoms with van der Waals surface area (Å²) < 4.78 is 31.3. The van der Waals surface area contributed by atoms with Gasteiger partial charge in [-0.05, 0) is 24.6 Å². The summed E-state index contributed by atoms with van der Waals surface area (Å²) in [6, 6.07) is 3.69. The Morgan fingerprint density at radius 3 is 2.61 bits per heavy atom. The zero-order chi connectivity index (χ0) is 13.8. The first-order valence-electron chi connectivity index (χ1n) is 5.41. The van der Waals surface area contributed by atoms with Crippen LogP contribution in [0.15, 0.2) is 23.1 Å². The van der Waals surface area contributed by atoms with Crippen molar-refractivity contribution in [3.8, 4) is 5.75 Å². The van der Waals surface area contributed by atoms with Gasteiger partial charge in [0.15, 0.2) is 0 Å². The van der Waals surface area contributed by atoms with Gasteiger partial charge in [-0.1, -0.05) is 18.5 Å². The minimum Gasteiger partial charge on any atom is -0.495 e. The Morgan fingerprint density at radius 2 is 2.17 bits per heavy atom. The Kier molecular flexibility index (Phi) is 5.40. The molecule has 0 aliphatic heterocycles. The average Bonchev–Trinajstić information content (AvgIpc) is 2.35. The van der Waals surface area contributed by atoms with Crippen LogP contribution in [-0.4, -0.2) is 33.3 Å². The second-order valence-corrected chi connectivity index (χ2v) is 5.83. The van der Waals surface area contributed by atoms with Crippen molar-refractivity contribution in [3.63, 3.8) is 0 Å². The van der Waals surface area contributed by atoms with Gasteiger partial charge in [-0.15, -0.1) is 0 Å². The van der Waals surface area contributed by atoms with Crippen LogP contribution in [0.4, 0.5) is 0 Å². The molecular weight excluding hydrogens is 278 g/mol. The molecule has 1 rings (SSSR count). The molecule has 1 aromatic rings. The number of nitrogens with one attached hydrogen (secondary N) is 1. The van der Waals surface area contributed by atoms with Crippen molar-refractivity contribution in [1.82, 2.24) is 4.72 Å². The average molecular weight is 294 g/mol. The molecule has 0 spiro atoms. The molecule has 0 aliphatic rings. The van der Waals surface area contributed by atoms with E-state index in [1.807, 2.05) is 0 Å². The van der Waals surface area contributed by atoms with Crippen LogP contribution in [0.2, 0.25) is 5.02 Å². The van der Waals surface area contributed by atoms with E-state index < -0.39 is 16.1 Å². The van der Waals surface area contributed by atoms with E-state index in [1.165, 1.54) is 25.3 Å². The van der Waals surface area contributed by atoms with Crippen molar-refractivity contribution in [2.75, 3.05) is 13.7 Å². The summed E-state index contributed by atoms with van der Waals surface area (Å²) >= 11 is 5.87. The summed E-state index contributed by atoms with van der Waals surface area (Å²) in [6.07, 6.45) is 0.500. The zero-order valence-corrected chi connectivity index (χ0v) is 11.8. The summed E-state index contributed by atoms with van der Waals surface area (Å²) in [6.45, 7) is 1.53. The van der Waals surface area contributed by atoms with Gasteiger partial charge in [0.1, 0.15) is 5.75 Å². The summed E-state index contributed by atoms with van der Waals surface area (Å²) in [7, 11) is -2.23. The number of sulfonamides is 1. The van der Waals surface area contributed by atoms with Gasteiger partial charge in [0.05, 0.1) is 23.6 Å². The minimum absolute atomic E-state index is 0.0419. The van der Waals surface area contributed by atoms with Crippen LogP contribution < -0.4 is 9.46 Å². The van der Waals surface area contributed by atoms with Crippen LogP contribution >= 0.6 is 11.6 Å². The normalized spacial score (nSPS) is 13.3. The Morgan fingerprint density at radius 1 is 1.50 bits per heavy atom. The number of methoxy groups -OCH3 is 1. The van der Waals surface area contributed by atoms with Crippen molar-refractivity contribution in [3.05, 3.63) is 23.2 Å². The molecular formula is C11H16ClNO4S. The molecule has 0 radical (unpaired) electrons. The number of benzene rings is 1. The third kappa shape index (κ3) is 3.58. The first kappa shape index (κ1) is 15.2. The van der Waals surface area contributed by atoms with Gasteiger partial charge >= 0.3 is 0 Å². The van der Waals surface area contributed by atoms with Crippen molar-refractivity contribution in [2.45, 2.75) is 24.3 Å². The van der Waals surface area contributed by atoms with E-state index in [0.29, 0.717) is 12.2 Å². The summed E-state index contributed by atoms with van der Waals surface area (Å²) in [5.41, 5.74) is 0. The third-order valence-corrected chi connectivity index (χ3v) is 4.28. The molecule has 102 valence electrons. The van der Waals surface area contributed by atoms with E-state index in [9.17, 15) is 8.42 Å². The lowest BCUT2D eigenvalue weighted by Crippen LogP contribution is -2.36. The molecule has 0 fully saturated rings. The van der Waals surface area contributed by atoms with Crippen molar-refractivity contribution >= 4 is 21.6 Å². The Balaban J connectivity index is 3.02. The molecule has 0 bridgehead atoms. The highest BCUT2D eigenvalue weighted by Crippen LogP contribution is 2.26. The molecule has 1 atom stereocenters. The predicted octanol–water partition coefficient (Wildman–Crippen LogP) is 1.40. The maximum Gasteiger partial charge on any atom is 0.240 e. The molecule has 0 aromatic heterocycles. The van der Waals surface area contributed by atoms with Crippen LogP contribution in [0, 0.1) is 0 Å². The molecule has 1 aromatic carbocycles. The van der Waals surface area contributed by atoms with E-state index in [2.05, 4.69) is 4.72 Å². The van der Waals surface area contributed by atoms with Crippen LogP contribution in [-0.2, 0) is 10.0 Å². The molecule has 0 saturated heterocycles. The van der Waals surface area contributed by atoms with Gasteiger partial charge in [0.25, 0.3) is 0 Å². The van der Waals surface area contributed by atoms with E-state index in [0.717, 1.165) is 0 Å². The lowest BCUT2D eigenvalue weighted by molar-refractivity contribution is 0.254. The lowest BCUT2D eigenvalue weighted by atomic mass is 10.3. The maximum atomic E-state index is 12.0. The number of rotatable bonds is 6. The van der Waals surface area contributed by atoms with Gasteiger partial charge in [-0.25, -0.2) is 13.1 Å². The number of hydrogen-bond acceptors (Lipinski definition) is 4. The standard InChI is InChI=1S/C11H16ClNO4S/c1-3-8(7-14)13-18(15,16)9-4-5-11(17-2)10(12)6-9/h4-6,8,13-14H,3,7H2,1-2H3/t8-/m0/s1. The predicted molar refractivity (Wildman–Crippen MR) is 69.5 cm³/mol. The molecule has 0 aliphatic carbocycles. The van der Waals surface area contributed by atoms with Crippen molar-refractivity contribution in [1.29, 1.82) is 0 Å². The maximum absolute atomic E-state index is 12.0. The Hall–Kier alpha value is -0.820. The molecule has 0 unspecified atom stereocenters. The monoisotopic (exact) mass is 293 g/mol. The fraction of sp³-hybridized carbons (Fsp3) is 0.455. The van der Waals surface area contributed by atoms with Gasteiger partial charge in [-0.2, -0.15) is 0 Å².